The second-order valence-corrected chi connectivity index (χ2v) is 12.1. The summed E-state index contributed by atoms with van der Waals surface area (Å²) in [6.07, 6.45) is 1.32. The van der Waals surface area contributed by atoms with Crippen molar-refractivity contribution in [1.82, 2.24) is 19.0 Å². The summed E-state index contributed by atoms with van der Waals surface area (Å²) in [5.74, 6) is 1.18. The molecule has 1 aliphatic rings. The van der Waals surface area contributed by atoms with E-state index in [0.717, 1.165) is 48.9 Å². The van der Waals surface area contributed by atoms with Gasteiger partial charge in [0.05, 0.1) is 23.4 Å². The van der Waals surface area contributed by atoms with Crippen LogP contribution in [0.2, 0.25) is 0 Å². The van der Waals surface area contributed by atoms with E-state index >= 15 is 0 Å². The van der Waals surface area contributed by atoms with Crippen molar-refractivity contribution >= 4 is 15.8 Å². The normalized spacial score (nSPS) is 14.9. The van der Waals surface area contributed by atoms with Crippen LogP contribution in [-0.2, 0) is 23.0 Å². The Morgan fingerprint density at radius 1 is 1.00 bits per heavy atom. The minimum Gasteiger partial charge on any atom is -0.497 e. The molecule has 0 atom stereocenters. The van der Waals surface area contributed by atoms with Crippen LogP contribution < -0.4 is 9.64 Å². The predicted molar refractivity (Wildman–Crippen MR) is 153 cm³/mol. The highest BCUT2D eigenvalue weighted by Crippen LogP contribution is 2.32. The minimum absolute atomic E-state index is 0.201. The number of methoxy groups -OCH3 is 1. The first kappa shape index (κ1) is 29.0. The number of anilines is 1. The number of nitrogens with zero attached hydrogens (tertiary/aromatic N) is 5. The highest BCUT2D eigenvalue weighted by atomic mass is 32.2. The van der Waals surface area contributed by atoms with Gasteiger partial charge in [0.2, 0.25) is 10.0 Å². The molecular weight excluding hydrogens is 517 g/mol. The molecule has 0 radical (unpaired) electrons. The third kappa shape index (κ3) is 6.28. The molecule has 1 aromatic heterocycles. The Balaban J connectivity index is 1.79. The SMILES string of the molecule is CCCN(Cc1c(CC)nn(-c2ccc(F)cc2)c1N1CCN(C(C)C)CC1)S(=O)(=O)c1ccc(OC)cc1. The smallest absolute Gasteiger partial charge is 0.243 e. The van der Waals surface area contributed by atoms with Crippen LogP contribution in [-0.4, -0.2) is 73.3 Å². The van der Waals surface area contributed by atoms with Crippen LogP contribution in [0, 0.1) is 5.82 Å². The van der Waals surface area contributed by atoms with E-state index in [0.29, 0.717) is 31.2 Å². The van der Waals surface area contributed by atoms with Crippen molar-refractivity contribution < 1.29 is 17.5 Å². The third-order valence-electron chi connectivity index (χ3n) is 7.29. The van der Waals surface area contributed by atoms with E-state index in [9.17, 15) is 12.8 Å². The Morgan fingerprint density at radius 2 is 1.64 bits per heavy atom. The lowest BCUT2D eigenvalue weighted by molar-refractivity contribution is 0.208. The van der Waals surface area contributed by atoms with E-state index in [1.54, 1.807) is 47.8 Å². The molecule has 212 valence electrons. The maximum absolute atomic E-state index is 13.8. The number of benzene rings is 2. The van der Waals surface area contributed by atoms with Gasteiger partial charge in [-0.15, -0.1) is 0 Å². The number of ether oxygens (including phenoxy) is 1. The lowest BCUT2D eigenvalue weighted by Gasteiger charge is -2.38. The van der Waals surface area contributed by atoms with Crippen molar-refractivity contribution in [3.63, 3.8) is 0 Å². The van der Waals surface area contributed by atoms with Gasteiger partial charge < -0.3 is 9.64 Å². The fraction of sp³-hybridized carbons (Fsp3) is 0.483. The third-order valence-corrected chi connectivity index (χ3v) is 9.15. The molecule has 0 spiro atoms. The minimum atomic E-state index is -3.78. The number of aromatic nitrogens is 2. The number of piperazine rings is 1. The van der Waals surface area contributed by atoms with E-state index in [1.807, 2.05) is 18.5 Å². The lowest BCUT2D eigenvalue weighted by Crippen LogP contribution is -2.49. The first-order chi connectivity index (χ1) is 18.7. The molecular formula is C29H40FN5O3S. The van der Waals surface area contributed by atoms with E-state index in [1.165, 1.54) is 12.1 Å². The molecule has 0 bridgehead atoms. The van der Waals surface area contributed by atoms with Gasteiger partial charge in [-0.2, -0.15) is 9.40 Å². The van der Waals surface area contributed by atoms with Gasteiger partial charge in [-0.25, -0.2) is 17.5 Å². The summed E-state index contributed by atoms with van der Waals surface area (Å²) in [7, 11) is -2.22. The fourth-order valence-electron chi connectivity index (χ4n) is 5.08. The first-order valence-electron chi connectivity index (χ1n) is 13.7. The van der Waals surface area contributed by atoms with Crippen molar-refractivity contribution in [3.8, 4) is 11.4 Å². The summed E-state index contributed by atoms with van der Waals surface area (Å²) < 4.78 is 50.1. The summed E-state index contributed by atoms with van der Waals surface area (Å²) in [6.45, 7) is 12.4. The van der Waals surface area contributed by atoms with Gasteiger partial charge >= 0.3 is 0 Å². The predicted octanol–water partition coefficient (Wildman–Crippen LogP) is 4.71. The molecule has 0 amide bonds. The molecule has 2 aromatic carbocycles. The van der Waals surface area contributed by atoms with Gasteiger partial charge in [-0.1, -0.05) is 13.8 Å². The summed E-state index contributed by atoms with van der Waals surface area (Å²) in [5, 5.41) is 4.95. The van der Waals surface area contributed by atoms with Crippen LogP contribution in [0.25, 0.3) is 5.69 Å². The number of rotatable bonds is 11. The molecule has 1 aliphatic heterocycles. The zero-order chi connectivity index (χ0) is 28.2. The Bertz CT molecular complexity index is 1330. The van der Waals surface area contributed by atoms with Gasteiger partial charge in [0.1, 0.15) is 17.4 Å². The highest BCUT2D eigenvalue weighted by molar-refractivity contribution is 7.89. The molecule has 4 rings (SSSR count). The van der Waals surface area contributed by atoms with Crippen molar-refractivity contribution in [2.24, 2.45) is 0 Å². The molecule has 2 heterocycles. The number of aryl methyl sites for hydroxylation is 1. The second kappa shape index (κ2) is 12.5. The maximum Gasteiger partial charge on any atom is 0.243 e. The molecule has 8 nitrogen and oxygen atoms in total. The molecule has 1 fully saturated rings. The second-order valence-electron chi connectivity index (χ2n) is 10.1. The zero-order valence-corrected chi connectivity index (χ0v) is 24.4. The van der Waals surface area contributed by atoms with Crippen molar-refractivity contribution in [3.05, 3.63) is 65.6 Å². The molecule has 1 saturated heterocycles. The largest absolute Gasteiger partial charge is 0.497 e. The molecule has 10 heteroatoms. The Hall–Kier alpha value is -2.95. The number of halogens is 1. The summed E-state index contributed by atoms with van der Waals surface area (Å²) in [4.78, 5) is 4.97. The fourth-order valence-corrected chi connectivity index (χ4v) is 6.58. The van der Waals surface area contributed by atoms with E-state index in [2.05, 4.69) is 23.6 Å². The van der Waals surface area contributed by atoms with E-state index in [-0.39, 0.29) is 17.3 Å². The van der Waals surface area contributed by atoms with Gasteiger partial charge in [0.15, 0.2) is 0 Å². The van der Waals surface area contributed by atoms with E-state index in [4.69, 9.17) is 9.84 Å². The Kier molecular flexibility index (Phi) is 9.30. The Labute approximate surface area is 232 Å². The maximum atomic E-state index is 13.8. The van der Waals surface area contributed by atoms with Crippen molar-refractivity contribution in [1.29, 1.82) is 0 Å². The average molecular weight is 558 g/mol. The Morgan fingerprint density at radius 3 is 2.18 bits per heavy atom. The molecule has 0 saturated carbocycles. The zero-order valence-electron chi connectivity index (χ0n) is 23.6. The van der Waals surface area contributed by atoms with Crippen LogP contribution >= 0.6 is 0 Å². The van der Waals surface area contributed by atoms with Gasteiger partial charge in [0.25, 0.3) is 0 Å². The van der Waals surface area contributed by atoms with Crippen LogP contribution in [0.1, 0.15) is 45.4 Å². The number of sulfonamides is 1. The van der Waals surface area contributed by atoms with Gasteiger partial charge in [0, 0.05) is 50.9 Å². The summed E-state index contributed by atoms with van der Waals surface area (Å²) in [6, 6.07) is 13.3. The molecule has 0 aliphatic carbocycles. The van der Waals surface area contributed by atoms with E-state index < -0.39 is 10.0 Å². The lowest BCUT2D eigenvalue weighted by atomic mass is 10.1. The van der Waals surface area contributed by atoms with Gasteiger partial charge in [-0.05, 0) is 75.2 Å². The summed E-state index contributed by atoms with van der Waals surface area (Å²) in [5.41, 5.74) is 2.48. The standard InChI is InChI=1S/C29H40FN5O3S/c1-6-16-34(39(36,37)26-14-12-25(38-5)13-15-26)21-27-28(7-2)31-35(24-10-8-23(30)9-11-24)29(27)33-19-17-32(18-20-33)22(3)4/h8-15,22H,6-7,16-21H2,1-5H3. The molecule has 0 N–H and O–H groups in total. The monoisotopic (exact) mass is 557 g/mol. The van der Waals surface area contributed by atoms with Crippen LogP contribution in [0.5, 0.6) is 5.75 Å². The number of hydrogen-bond donors (Lipinski definition) is 0. The quantitative estimate of drug-likeness (QED) is 0.340. The number of hydrogen-bond acceptors (Lipinski definition) is 6. The summed E-state index contributed by atoms with van der Waals surface area (Å²) >= 11 is 0. The van der Waals surface area contributed by atoms with Crippen LogP contribution in [0.15, 0.2) is 53.4 Å². The molecule has 0 unspecified atom stereocenters. The van der Waals surface area contributed by atoms with Gasteiger partial charge in [-0.3, -0.25) is 4.90 Å². The van der Waals surface area contributed by atoms with Crippen molar-refractivity contribution in [2.45, 2.75) is 58.0 Å². The van der Waals surface area contributed by atoms with Crippen LogP contribution in [0.4, 0.5) is 10.2 Å². The van der Waals surface area contributed by atoms with Crippen LogP contribution in [0.3, 0.4) is 0 Å². The molecule has 39 heavy (non-hydrogen) atoms. The topological polar surface area (TPSA) is 70.9 Å². The first-order valence-corrected chi connectivity index (χ1v) is 15.1. The highest BCUT2D eigenvalue weighted by Gasteiger charge is 2.31. The average Bonchev–Trinajstić information content (AvgIpc) is 3.31. The van der Waals surface area contributed by atoms with Crippen molar-refractivity contribution in [2.75, 3.05) is 44.7 Å². The molecule has 3 aromatic rings.